The molecule has 184 valence electrons. The van der Waals surface area contributed by atoms with E-state index in [1.54, 1.807) is 10.8 Å². The molecule has 0 atom stereocenters. The number of piperidine rings is 1. The molecule has 0 bridgehead atoms. The lowest BCUT2D eigenvalue weighted by Gasteiger charge is -2.32. The van der Waals surface area contributed by atoms with Crippen LogP contribution in [-0.2, 0) is 6.54 Å². The Kier molecular flexibility index (Phi) is 6.14. The predicted molar refractivity (Wildman–Crippen MR) is 131 cm³/mol. The van der Waals surface area contributed by atoms with Gasteiger partial charge >= 0.3 is 0 Å². The lowest BCUT2D eigenvalue weighted by atomic mass is 9.96. The van der Waals surface area contributed by atoms with Crippen molar-refractivity contribution in [3.8, 4) is 11.3 Å². The molecule has 35 heavy (non-hydrogen) atoms. The minimum absolute atomic E-state index is 0.102. The van der Waals surface area contributed by atoms with Gasteiger partial charge in [0.15, 0.2) is 5.65 Å². The molecule has 0 unspecified atom stereocenters. The molecule has 4 aromatic rings. The van der Waals surface area contributed by atoms with E-state index in [-0.39, 0.29) is 17.9 Å². The summed E-state index contributed by atoms with van der Waals surface area (Å²) in [5.41, 5.74) is 7.07. The molecule has 0 spiro atoms. The van der Waals surface area contributed by atoms with E-state index in [2.05, 4.69) is 49.5 Å². The van der Waals surface area contributed by atoms with Crippen LogP contribution in [0.2, 0.25) is 0 Å². The zero-order valence-corrected chi connectivity index (χ0v) is 20.9. The van der Waals surface area contributed by atoms with Gasteiger partial charge in [0.25, 0.3) is 5.91 Å². The maximum Gasteiger partial charge on any atom is 0.269 e. The molecule has 5 heterocycles. The highest BCUT2D eigenvalue weighted by Gasteiger charge is 2.27. The number of amides is 1. The van der Waals surface area contributed by atoms with Crippen molar-refractivity contribution in [3.63, 3.8) is 0 Å². The summed E-state index contributed by atoms with van der Waals surface area (Å²) in [5, 5.41) is 19.1. The predicted octanol–water partition coefficient (Wildman–Crippen LogP) is 3.55. The van der Waals surface area contributed by atoms with Crippen LogP contribution in [0.25, 0.3) is 16.9 Å². The summed E-state index contributed by atoms with van der Waals surface area (Å²) in [7, 11) is 0. The topological polar surface area (TPSA) is 117 Å². The second kappa shape index (κ2) is 9.26. The first kappa shape index (κ1) is 23.2. The standard InChI is InChI=1S/C25H32N8O2/c1-14(2)21-22(18-10-15(3)24-26-13-27-33(24)11-18)29-30-23(21)25(34)28-19-6-8-32(9-7-19)12-20-16(4)31-35-17(20)5/h10-11,13-14,19H,6-9,12H2,1-5H3,(H,28,34)(H,29,30). The second-order valence-corrected chi connectivity index (χ2v) is 9.78. The second-order valence-electron chi connectivity index (χ2n) is 9.78. The summed E-state index contributed by atoms with van der Waals surface area (Å²) < 4.78 is 7.05. The quantitative estimate of drug-likeness (QED) is 0.437. The average molecular weight is 477 g/mol. The highest BCUT2D eigenvalue weighted by molar-refractivity contribution is 5.96. The van der Waals surface area contributed by atoms with Crippen LogP contribution in [-0.4, -0.2) is 59.9 Å². The van der Waals surface area contributed by atoms with Crippen molar-refractivity contribution in [2.75, 3.05) is 13.1 Å². The molecule has 5 rings (SSSR count). The number of H-pyrrole nitrogens is 1. The minimum Gasteiger partial charge on any atom is -0.361 e. The first-order chi connectivity index (χ1) is 16.8. The Hall–Kier alpha value is -3.53. The molecule has 1 aliphatic rings. The molecule has 4 aromatic heterocycles. The fourth-order valence-electron chi connectivity index (χ4n) is 4.97. The van der Waals surface area contributed by atoms with Gasteiger partial charge in [-0.1, -0.05) is 19.0 Å². The van der Waals surface area contributed by atoms with Gasteiger partial charge in [-0.3, -0.25) is 14.8 Å². The number of aryl methyl sites for hydroxylation is 3. The summed E-state index contributed by atoms with van der Waals surface area (Å²) in [6.07, 6.45) is 5.25. The molecule has 1 aliphatic heterocycles. The van der Waals surface area contributed by atoms with Gasteiger partial charge in [-0.15, -0.1) is 0 Å². The third-order valence-corrected chi connectivity index (χ3v) is 6.93. The maximum absolute atomic E-state index is 13.3. The normalized spacial score (nSPS) is 15.4. The number of aromatic amines is 1. The Labute approximate surface area is 204 Å². The van der Waals surface area contributed by atoms with Gasteiger partial charge in [0.05, 0.1) is 11.4 Å². The smallest absolute Gasteiger partial charge is 0.269 e. The zero-order valence-electron chi connectivity index (χ0n) is 20.9. The molecule has 0 aliphatic carbocycles. The maximum atomic E-state index is 13.3. The van der Waals surface area contributed by atoms with Crippen molar-refractivity contribution in [3.05, 3.63) is 52.4 Å². The van der Waals surface area contributed by atoms with E-state index >= 15 is 0 Å². The number of likely N-dealkylation sites (tertiary alicyclic amines) is 1. The number of carbonyl (C=O) groups is 1. The molecular weight excluding hydrogens is 444 g/mol. The summed E-state index contributed by atoms with van der Waals surface area (Å²) in [4.78, 5) is 20.0. The monoisotopic (exact) mass is 476 g/mol. The molecule has 10 nitrogen and oxygen atoms in total. The summed E-state index contributed by atoms with van der Waals surface area (Å²) >= 11 is 0. The van der Waals surface area contributed by atoms with E-state index in [0.717, 1.165) is 72.0 Å². The third kappa shape index (κ3) is 4.45. The van der Waals surface area contributed by atoms with Gasteiger partial charge < -0.3 is 9.84 Å². The zero-order chi connectivity index (χ0) is 24.7. The summed E-state index contributed by atoms with van der Waals surface area (Å²) in [6.45, 7) is 12.8. The lowest BCUT2D eigenvalue weighted by Crippen LogP contribution is -2.44. The molecule has 0 radical (unpaired) electrons. The third-order valence-electron chi connectivity index (χ3n) is 6.93. The van der Waals surface area contributed by atoms with Crippen molar-refractivity contribution in [1.29, 1.82) is 0 Å². The number of nitrogens with zero attached hydrogens (tertiary/aromatic N) is 6. The van der Waals surface area contributed by atoms with Crippen molar-refractivity contribution >= 4 is 11.6 Å². The molecule has 1 amide bonds. The van der Waals surface area contributed by atoms with Gasteiger partial charge in [-0.2, -0.15) is 10.2 Å². The molecule has 0 saturated carbocycles. The molecule has 10 heteroatoms. The van der Waals surface area contributed by atoms with E-state index in [1.807, 2.05) is 33.0 Å². The molecule has 0 aromatic carbocycles. The number of fused-ring (bicyclic) bond motifs is 1. The highest BCUT2D eigenvalue weighted by Crippen LogP contribution is 2.31. The Morgan fingerprint density at radius 1 is 1.26 bits per heavy atom. The molecule has 1 fully saturated rings. The van der Waals surface area contributed by atoms with Crippen LogP contribution in [0.4, 0.5) is 0 Å². The lowest BCUT2D eigenvalue weighted by molar-refractivity contribution is 0.0902. The fourth-order valence-corrected chi connectivity index (χ4v) is 4.97. The number of hydrogen-bond acceptors (Lipinski definition) is 7. The largest absolute Gasteiger partial charge is 0.361 e. The van der Waals surface area contributed by atoms with Crippen molar-refractivity contribution in [2.24, 2.45) is 0 Å². The number of rotatable bonds is 6. The van der Waals surface area contributed by atoms with E-state index < -0.39 is 0 Å². The SMILES string of the molecule is Cc1noc(C)c1CN1CCC(NC(=O)c2[nH]nc(-c3cc(C)c4ncnn4c3)c2C(C)C)CC1. The summed E-state index contributed by atoms with van der Waals surface area (Å²) in [5.74, 6) is 0.899. The van der Waals surface area contributed by atoms with E-state index in [0.29, 0.717) is 5.69 Å². The Morgan fingerprint density at radius 2 is 2.03 bits per heavy atom. The Bertz CT molecular complexity index is 1340. The van der Waals surface area contributed by atoms with Crippen LogP contribution in [0, 0.1) is 20.8 Å². The Balaban J connectivity index is 1.29. The van der Waals surface area contributed by atoms with Crippen LogP contribution < -0.4 is 5.32 Å². The van der Waals surface area contributed by atoms with Crippen molar-refractivity contribution in [1.82, 2.24) is 40.2 Å². The van der Waals surface area contributed by atoms with Crippen LogP contribution in [0.1, 0.15) is 71.2 Å². The number of aromatic nitrogens is 6. The van der Waals surface area contributed by atoms with Crippen LogP contribution >= 0.6 is 0 Å². The number of pyridine rings is 1. The first-order valence-electron chi connectivity index (χ1n) is 12.2. The van der Waals surface area contributed by atoms with Gasteiger partial charge in [0.2, 0.25) is 0 Å². The van der Waals surface area contributed by atoms with Crippen molar-refractivity contribution in [2.45, 2.75) is 66.0 Å². The summed E-state index contributed by atoms with van der Waals surface area (Å²) in [6, 6.07) is 2.17. The average Bonchev–Trinajstić information content (AvgIpc) is 3.55. The number of carbonyl (C=O) groups excluding carboxylic acids is 1. The van der Waals surface area contributed by atoms with Crippen molar-refractivity contribution < 1.29 is 9.32 Å². The van der Waals surface area contributed by atoms with Gasteiger partial charge in [0.1, 0.15) is 17.8 Å². The Morgan fingerprint density at radius 3 is 2.71 bits per heavy atom. The number of hydrogen-bond donors (Lipinski definition) is 2. The molecule has 2 N–H and O–H groups in total. The van der Waals surface area contributed by atoms with E-state index in [9.17, 15) is 4.79 Å². The van der Waals surface area contributed by atoms with Gasteiger partial charge in [0, 0.05) is 48.6 Å². The van der Waals surface area contributed by atoms with E-state index in [1.165, 1.54) is 5.56 Å². The van der Waals surface area contributed by atoms with E-state index in [4.69, 9.17) is 4.52 Å². The van der Waals surface area contributed by atoms with Gasteiger partial charge in [-0.05, 0) is 51.2 Å². The molecule has 1 saturated heterocycles. The van der Waals surface area contributed by atoms with Gasteiger partial charge in [-0.25, -0.2) is 9.50 Å². The minimum atomic E-state index is -0.102. The number of nitrogens with one attached hydrogen (secondary N) is 2. The van der Waals surface area contributed by atoms with Crippen LogP contribution in [0.5, 0.6) is 0 Å². The van der Waals surface area contributed by atoms with Crippen LogP contribution in [0.3, 0.4) is 0 Å². The fraction of sp³-hybridized carbons (Fsp3) is 0.480. The van der Waals surface area contributed by atoms with Crippen LogP contribution in [0.15, 0.2) is 23.1 Å². The highest BCUT2D eigenvalue weighted by atomic mass is 16.5. The first-order valence-corrected chi connectivity index (χ1v) is 12.2. The molecular formula is C25H32N8O2.